The lowest BCUT2D eigenvalue weighted by Crippen LogP contribution is -2.30. The van der Waals surface area contributed by atoms with Crippen LogP contribution < -0.4 is 5.32 Å². The lowest BCUT2D eigenvalue weighted by atomic mass is 9.81. The highest BCUT2D eigenvalue weighted by Crippen LogP contribution is 2.33. The van der Waals surface area contributed by atoms with Gasteiger partial charge in [0.2, 0.25) is 5.91 Å². The average Bonchev–Trinajstić information content (AvgIpc) is 2.61. The fraction of sp³-hybridized carbons (Fsp3) is 0.350. The van der Waals surface area contributed by atoms with Gasteiger partial charge in [-0.3, -0.25) is 4.79 Å². The van der Waals surface area contributed by atoms with Gasteiger partial charge < -0.3 is 10.4 Å². The summed E-state index contributed by atoms with van der Waals surface area (Å²) in [5.74, 6) is -0.151. The Hall–Kier alpha value is -2.20. The maximum absolute atomic E-state index is 12.9. The summed E-state index contributed by atoms with van der Waals surface area (Å²) >= 11 is 0. The normalized spacial score (nSPS) is 17.8. The van der Waals surface area contributed by atoms with Crippen molar-refractivity contribution in [2.75, 3.05) is 6.54 Å². The van der Waals surface area contributed by atoms with Crippen LogP contribution in [0.5, 0.6) is 0 Å². The highest BCUT2D eigenvalue weighted by molar-refractivity contribution is 5.77. The van der Waals surface area contributed by atoms with E-state index < -0.39 is 6.10 Å². The number of amides is 1. The summed E-state index contributed by atoms with van der Waals surface area (Å²) in [5.41, 5.74) is 3.21. The van der Waals surface area contributed by atoms with Crippen molar-refractivity contribution < 1.29 is 14.3 Å². The maximum Gasteiger partial charge on any atom is 0.220 e. The molecule has 0 aromatic heterocycles. The van der Waals surface area contributed by atoms with Gasteiger partial charge in [-0.05, 0) is 54.0 Å². The van der Waals surface area contributed by atoms with Gasteiger partial charge in [-0.15, -0.1) is 0 Å². The van der Waals surface area contributed by atoms with Gasteiger partial charge in [0.1, 0.15) is 5.82 Å². The maximum atomic E-state index is 12.9. The summed E-state index contributed by atoms with van der Waals surface area (Å²) in [7, 11) is 0. The van der Waals surface area contributed by atoms with E-state index in [0.29, 0.717) is 12.0 Å². The first-order chi connectivity index (χ1) is 11.6. The first kappa shape index (κ1) is 16.7. The predicted molar refractivity (Wildman–Crippen MR) is 91.1 cm³/mol. The molecular formula is C20H22FNO2. The molecule has 2 atom stereocenters. The number of rotatable bonds is 5. The molecule has 1 aliphatic rings. The molecule has 3 nitrogen and oxygen atoms in total. The van der Waals surface area contributed by atoms with Crippen LogP contribution in [0.4, 0.5) is 4.39 Å². The second-order valence-electron chi connectivity index (χ2n) is 6.36. The van der Waals surface area contributed by atoms with E-state index in [4.69, 9.17) is 0 Å². The lowest BCUT2D eigenvalue weighted by molar-refractivity contribution is -0.122. The Kier molecular flexibility index (Phi) is 5.26. The van der Waals surface area contributed by atoms with Gasteiger partial charge >= 0.3 is 0 Å². The smallest absolute Gasteiger partial charge is 0.220 e. The number of aliphatic hydroxyl groups is 1. The summed E-state index contributed by atoms with van der Waals surface area (Å²) in [6.07, 6.45) is 2.82. The van der Waals surface area contributed by atoms with Crippen molar-refractivity contribution in [3.63, 3.8) is 0 Å². The van der Waals surface area contributed by atoms with Crippen LogP contribution in [0, 0.1) is 5.82 Å². The van der Waals surface area contributed by atoms with Gasteiger partial charge in [-0.1, -0.05) is 36.4 Å². The van der Waals surface area contributed by atoms with Crippen LogP contribution in [0.2, 0.25) is 0 Å². The molecule has 0 fully saturated rings. The molecule has 24 heavy (non-hydrogen) atoms. The van der Waals surface area contributed by atoms with Crippen molar-refractivity contribution in [3.05, 3.63) is 71.0 Å². The number of aryl methyl sites for hydroxylation is 1. The van der Waals surface area contributed by atoms with Crippen molar-refractivity contribution in [2.45, 2.75) is 37.7 Å². The summed E-state index contributed by atoms with van der Waals surface area (Å²) in [6, 6.07) is 14.0. The molecule has 2 aromatic carbocycles. The first-order valence-electron chi connectivity index (χ1n) is 8.41. The number of halogens is 1. The largest absolute Gasteiger partial charge is 0.387 e. The summed E-state index contributed by atoms with van der Waals surface area (Å²) in [5, 5.41) is 12.9. The first-order valence-corrected chi connectivity index (χ1v) is 8.41. The Morgan fingerprint density at radius 2 is 1.96 bits per heavy atom. The molecule has 0 saturated heterocycles. The van der Waals surface area contributed by atoms with E-state index in [-0.39, 0.29) is 24.2 Å². The van der Waals surface area contributed by atoms with E-state index in [9.17, 15) is 14.3 Å². The zero-order chi connectivity index (χ0) is 16.9. The predicted octanol–water partition coefficient (Wildman–Crippen LogP) is 3.49. The van der Waals surface area contributed by atoms with Crippen LogP contribution in [-0.2, 0) is 11.2 Å². The molecule has 0 spiro atoms. The Bertz CT molecular complexity index is 699. The molecule has 0 aliphatic heterocycles. The molecule has 0 saturated carbocycles. The molecule has 1 aliphatic carbocycles. The van der Waals surface area contributed by atoms with Crippen LogP contribution >= 0.6 is 0 Å². The second kappa shape index (κ2) is 7.58. The highest BCUT2D eigenvalue weighted by atomic mass is 19.1. The number of hydrogen-bond acceptors (Lipinski definition) is 2. The molecule has 3 rings (SSSR count). The van der Waals surface area contributed by atoms with Crippen LogP contribution in [0.3, 0.4) is 0 Å². The molecule has 2 aromatic rings. The van der Waals surface area contributed by atoms with Crippen molar-refractivity contribution in [1.29, 1.82) is 0 Å². The molecule has 126 valence electrons. The monoisotopic (exact) mass is 327 g/mol. The number of nitrogens with one attached hydrogen (secondary N) is 1. The van der Waals surface area contributed by atoms with Crippen molar-refractivity contribution in [3.8, 4) is 0 Å². The SMILES string of the molecule is O=C(CC1CCCc2ccccc21)NCC(O)c1ccc(F)cc1. The average molecular weight is 327 g/mol. The molecule has 0 heterocycles. The van der Waals surface area contributed by atoms with E-state index in [1.807, 2.05) is 12.1 Å². The van der Waals surface area contributed by atoms with E-state index in [0.717, 1.165) is 19.3 Å². The third-order valence-corrected chi connectivity index (χ3v) is 4.67. The van der Waals surface area contributed by atoms with Gasteiger partial charge in [-0.2, -0.15) is 0 Å². The Labute approximate surface area is 141 Å². The van der Waals surface area contributed by atoms with Gasteiger partial charge in [0.15, 0.2) is 0 Å². The summed E-state index contributed by atoms with van der Waals surface area (Å²) in [4.78, 5) is 12.2. The number of fused-ring (bicyclic) bond motifs is 1. The van der Waals surface area contributed by atoms with Gasteiger partial charge in [0.25, 0.3) is 0 Å². The van der Waals surface area contributed by atoms with Crippen molar-refractivity contribution in [1.82, 2.24) is 5.32 Å². The molecule has 0 radical (unpaired) electrons. The van der Waals surface area contributed by atoms with E-state index in [1.54, 1.807) is 0 Å². The number of hydrogen-bond donors (Lipinski definition) is 2. The summed E-state index contributed by atoms with van der Waals surface area (Å²) in [6.45, 7) is 0.138. The lowest BCUT2D eigenvalue weighted by Gasteiger charge is -2.25. The van der Waals surface area contributed by atoms with Crippen LogP contribution in [-0.4, -0.2) is 17.6 Å². The molecule has 2 N–H and O–H groups in total. The molecule has 0 bridgehead atoms. The standard InChI is InChI=1S/C20H22FNO2/c21-17-10-8-15(9-11-17)19(23)13-22-20(24)12-16-6-3-5-14-4-1-2-7-18(14)16/h1-2,4,7-11,16,19,23H,3,5-6,12-13H2,(H,22,24). The van der Waals surface area contributed by atoms with Crippen LogP contribution in [0.25, 0.3) is 0 Å². The molecule has 2 unspecified atom stereocenters. The van der Waals surface area contributed by atoms with E-state index in [2.05, 4.69) is 17.4 Å². The topological polar surface area (TPSA) is 49.3 Å². The number of carbonyl (C=O) groups is 1. The Balaban J connectivity index is 1.54. The fourth-order valence-corrected chi connectivity index (χ4v) is 3.38. The van der Waals surface area contributed by atoms with Crippen molar-refractivity contribution in [2.24, 2.45) is 0 Å². The number of aliphatic hydroxyl groups excluding tert-OH is 1. The second-order valence-corrected chi connectivity index (χ2v) is 6.36. The molecular weight excluding hydrogens is 305 g/mol. The van der Waals surface area contributed by atoms with Gasteiger partial charge in [-0.25, -0.2) is 4.39 Å². The van der Waals surface area contributed by atoms with Crippen LogP contribution in [0.15, 0.2) is 48.5 Å². The Morgan fingerprint density at radius 3 is 2.75 bits per heavy atom. The zero-order valence-electron chi connectivity index (χ0n) is 13.5. The molecule has 1 amide bonds. The van der Waals surface area contributed by atoms with Crippen molar-refractivity contribution >= 4 is 5.91 Å². The third kappa shape index (κ3) is 4.01. The van der Waals surface area contributed by atoms with Gasteiger partial charge in [0, 0.05) is 13.0 Å². The Morgan fingerprint density at radius 1 is 1.21 bits per heavy atom. The fourth-order valence-electron chi connectivity index (χ4n) is 3.38. The zero-order valence-corrected chi connectivity index (χ0v) is 13.5. The highest BCUT2D eigenvalue weighted by Gasteiger charge is 2.22. The minimum atomic E-state index is -0.826. The minimum Gasteiger partial charge on any atom is -0.387 e. The van der Waals surface area contributed by atoms with Crippen LogP contribution in [0.1, 0.15) is 48.0 Å². The van der Waals surface area contributed by atoms with E-state index >= 15 is 0 Å². The quantitative estimate of drug-likeness (QED) is 0.883. The number of carbonyl (C=O) groups excluding carboxylic acids is 1. The summed E-state index contributed by atoms with van der Waals surface area (Å²) < 4.78 is 12.9. The third-order valence-electron chi connectivity index (χ3n) is 4.67. The number of benzene rings is 2. The van der Waals surface area contributed by atoms with Gasteiger partial charge in [0.05, 0.1) is 6.10 Å². The molecule has 4 heteroatoms. The van der Waals surface area contributed by atoms with E-state index in [1.165, 1.54) is 35.4 Å². The minimum absolute atomic E-state index is 0.0575.